The van der Waals surface area contributed by atoms with Crippen molar-refractivity contribution in [3.63, 3.8) is 0 Å². The molecule has 156 valence electrons. The third kappa shape index (κ3) is 5.09. The number of carbonyl (C=O) groups excluding carboxylic acids is 1. The first-order valence-corrected chi connectivity index (χ1v) is 10.6. The van der Waals surface area contributed by atoms with Crippen LogP contribution >= 0.6 is 0 Å². The van der Waals surface area contributed by atoms with Gasteiger partial charge in [-0.05, 0) is 54.6 Å². The van der Waals surface area contributed by atoms with Gasteiger partial charge in [-0.1, -0.05) is 18.2 Å². The Hall–Kier alpha value is -3.52. The first-order chi connectivity index (χ1) is 14.4. The van der Waals surface area contributed by atoms with Gasteiger partial charge in [-0.25, -0.2) is 8.42 Å². The van der Waals surface area contributed by atoms with Gasteiger partial charge in [0, 0.05) is 23.4 Å². The highest BCUT2D eigenvalue weighted by Crippen LogP contribution is 2.20. The molecule has 0 unspecified atom stereocenters. The van der Waals surface area contributed by atoms with Crippen LogP contribution < -0.4 is 19.5 Å². The van der Waals surface area contributed by atoms with Gasteiger partial charge in [0.15, 0.2) is 0 Å². The molecular formula is C22H22N2O5S. The van der Waals surface area contributed by atoms with E-state index in [0.29, 0.717) is 29.3 Å². The van der Waals surface area contributed by atoms with Crippen molar-refractivity contribution in [1.29, 1.82) is 0 Å². The third-order valence-electron chi connectivity index (χ3n) is 4.40. The zero-order chi connectivity index (χ0) is 21.6. The van der Waals surface area contributed by atoms with Crippen LogP contribution in [0.4, 0.5) is 5.69 Å². The van der Waals surface area contributed by atoms with E-state index in [1.165, 1.54) is 31.4 Å². The lowest BCUT2D eigenvalue weighted by Crippen LogP contribution is -2.23. The molecule has 0 fully saturated rings. The summed E-state index contributed by atoms with van der Waals surface area (Å²) in [5.41, 5.74) is 1.61. The highest BCUT2D eigenvalue weighted by atomic mass is 32.2. The van der Waals surface area contributed by atoms with Gasteiger partial charge < -0.3 is 14.8 Å². The second-order valence-corrected chi connectivity index (χ2v) is 8.04. The van der Waals surface area contributed by atoms with Gasteiger partial charge >= 0.3 is 0 Å². The molecule has 3 aromatic carbocycles. The van der Waals surface area contributed by atoms with Crippen molar-refractivity contribution in [2.75, 3.05) is 18.9 Å². The summed E-state index contributed by atoms with van der Waals surface area (Å²) in [6.07, 6.45) is 0. The highest BCUT2D eigenvalue weighted by Gasteiger charge is 2.15. The van der Waals surface area contributed by atoms with E-state index in [1.807, 2.05) is 24.3 Å². The van der Waals surface area contributed by atoms with Crippen molar-refractivity contribution in [2.45, 2.75) is 11.4 Å². The Labute approximate surface area is 175 Å². The molecule has 0 aliphatic rings. The Morgan fingerprint density at radius 3 is 2.17 bits per heavy atom. The number of para-hydroxylation sites is 1. The monoisotopic (exact) mass is 426 g/mol. The number of sulfonamides is 1. The van der Waals surface area contributed by atoms with Gasteiger partial charge in [-0.3, -0.25) is 9.52 Å². The fourth-order valence-corrected chi connectivity index (χ4v) is 3.84. The van der Waals surface area contributed by atoms with Crippen LogP contribution in [0.25, 0.3) is 0 Å². The Bertz CT molecular complexity index is 1110. The normalized spacial score (nSPS) is 10.9. The first-order valence-electron chi connectivity index (χ1n) is 9.10. The van der Waals surface area contributed by atoms with E-state index in [9.17, 15) is 13.2 Å². The van der Waals surface area contributed by atoms with E-state index < -0.39 is 10.0 Å². The average Bonchev–Trinajstić information content (AvgIpc) is 2.78. The second-order valence-electron chi connectivity index (χ2n) is 6.35. The van der Waals surface area contributed by atoms with Crippen molar-refractivity contribution in [3.05, 3.63) is 83.9 Å². The number of anilines is 1. The smallest absolute Gasteiger partial charge is 0.261 e. The van der Waals surface area contributed by atoms with Crippen LogP contribution in [0.1, 0.15) is 15.9 Å². The first kappa shape index (κ1) is 21.2. The van der Waals surface area contributed by atoms with Crippen molar-refractivity contribution < 1.29 is 22.7 Å². The molecule has 30 heavy (non-hydrogen) atoms. The van der Waals surface area contributed by atoms with Crippen molar-refractivity contribution in [3.8, 4) is 11.5 Å². The van der Waals surface area contributed by atoms with E-state index in [4.69, 9.17) is 9.47 Å². The van der Waals surface area contributed by atoms with Crippen molar-refractivity contribution >= 4 is 21.6 Å². The van der Waals surface area contributed by atoms with Crippen LogP contribution in [0.3, 0.4) is 0 Å². The maximum Gasteiger partial charge on any atom is 0.261 e. The van der Waals surface area contributed by atoms with Crippen LogP contribution in [-0.2, 0) is 16.6 Å². The van der Waals surface area contributed by atoms with E-state index in [2.05, 4.69) is 10.0 Å². The van der Waals surface area contributed by atoms with Gasteiger partial charge in [-0.2, -0.15) is 0 Å². The minimum Gasteiger partial charge on any atom is -0.497 e. The number of rotatable bonds is 8. The fraction of sp³-hybridized carbons (Fsp3) is 0.136. The number of ether oxygens (including phenoxy) is 2. The number of benzene rings is 3. The molecule has 8 heteroatoms. The molecule has 0 spiro atoms. The molecular weight excluding hydrogens is 404 g/mol. The number of hydrogen-bond donors (Lipinski definition) is 2. The minimum absolute atomic E-state index is 0.0552. The Balaban J connectivity index is 1.66. The summed E-state index contributed by atoms with van der Waals surface area (Å²) in [5.74, 6) is 0.998. The molecule has 2 N–H and O–H groups in total. The third-order valence-corrected chi connectivity index (χ3v) is 5.80. The molecule has 1 amide bonds. The zero-order valence-corrected chi connectivity index (χ0v) is 17.4. The van der Waals surface area contributed by atoms with Crippen LogP contribution in [-0.4, -0.2) is 28.5 Å². The molecule has 0 heterocycles. The molecule has 0 aromatic heterocycles. The maximum atomic E-state index is 12.6. The summed E-state index contributed by atoms with van der Waals surface area (Å²) in [6.45, 7) is 0.294. The maximum absolute atomic E-state index is 12.6. The van der Waals surface area contributed by atoms with Crippen LogP contribution in [0.2, 0.25) is 0 Å². The molecule has 0 aliphatic heterocycles. The van der Waals surface area contributed by atoms with Gasteiger partial charge in [-0.15, -0.1) is 0 Å². The number of methoxy groups -OCH3 is 2. The summed E-state index contributed by atoms with van der Waals surface area (Å²) in [4.78, 5) is 12.5. The van der Waals surface area contributed by atoms with Gasteiger partial charge in [0.2, 0.25) is 0 Å². The quantitative estimate of drug-likeness (QED) is 0.576. The Morgan fingerprint density at radius 2 is 1.53 bits per heavy atom. The summed E-state index contributed by atoms with van der Waals surface area (Å²) < 4.78 is 37.9. The zero-order valence-electron chi connectivity index (χ0n) is 16.6. The second kappa shape index (κ2) is 9.32. The van der Waals surface area contributed by atoms with E-state index in [0.717, 1.165) is 5.56 Å². The van der Waals surface area contributed by atoms with Crippen LogP contribution in [0.5, 0.6) is 11.5 Å². The van der Waals surface area contributed by atoms with E-state index in [1.54, 1.807) is 31.4 Å². The Morgan fingerprint density at radius 1 is 0.867 bits per heavy atom. The van der Waals surface area contributed by atoms with Gasteiger partial charge in [0.25, 0.3) is 15.9 Å². The molecule has 0 saturated carbocycles. The van der Waals surface area contributed by atoms with Crippen LogP contribution in [0, 0.1) is 0 Å². The average molecular weight is 426 g/mol. The number of nitrogens with one attached hydrogen (secondary N) is 2. The summed E-state index contributed by atoms with van der Waals surface area (Å²) >= 11 is 0. The lowest BCUT2D eigenvalue weighted by molar-refractivity contribution is 0.0950. The summed E-state index contributed by atoms with van der Waals surface area (Å²) in [5, 5.41) is 2.80. The number of carbonyl (C=O) groups is 1. The lowest BCUT2D eigenvalue weighted by atomic mass is 10.2. The van der Waals surface area contributed by atoms with E-state index >= 15 is 0 Å². The summed E-state index contributed by atoms with van der Waals surface area (Å²) in [7, 11) is -0.675. The number of hydrogen-bond acceptors (Lipinski definition) is 5. The predicted octanol–water partition coefficient (Wildman–Crippen LogP) is 3.43. The highest BCUT2D eigenvalue weighted by molar-refractivity contribution is 7.92. The lowest BCUT2D eigenvalue weighted by Gasteiger charge is -2.11. The predicted molar refractivity (Wildman–Crippen MR) is 114 cm³/mol. The molecule has 0 saturated heterocycles. The molecule has 0 aliphatic carbocycles. The standard InChI is InChI=1S/C22H22N2O5S/c1-28-19-11-9-18(10-12-19)24-30(26,27)20-13-7-16(8-14-20)22(25)23-15-17-5-3-4-6-21(17)29-2/h3-14,24H,15H2,1-2H3,(H,23,25). The Kier molecular flexibility index (Phi) is 6.58. The van der Waals surface area contributed by atoms with Crippen LogP contribution in [0.15, 0.2) is 77.7 Å². The SMILES string of the molecule is COc1ccc(NS(=O)(=O)c2ccc(C(=O)NCc3ccccc3OC)cc2)cc1. The minimum atomic E-state index is -3.78. The van der Waals surface area contributed by atoms with Gasteiger partial charge in [0.05, 0.1) is 19.1 Å². The molecule has 0 radical (unpaired) electrons. The van der Waals surface area contributed by atoms with Crippen molar-refractivity contribution in [2.24, 2.45) is 0 Å². The summed E-state index contributed by atoms with van der Waals surface area (Å²) in [6, 6.07) is 19.7. The largest absolute Gasteiger partial charge is 0.497 e. The van der Waals surface area contributed by atoms with Gasteiger partial charge in [0.1, 0.15) is 11.5 Å². The molecule has 7 nitrogen and oxygen atoms in total. The van der Waals surface area contributed by atoms with E-state index in [-0.39, 0.29) is 10.8 Å². The molecule has 3 aromatic rings. The number of amides is 1. The molecule has 0 bridgehead atoms. The molecule has 3 rings (SSSR count). The molecule has 0 atom stereocenters. The topological polar surface area (TPSA) is 93.7 Å². The van der Waals surface area contributed by atoms with Crippen molar-refractivity contribution in [1.82, 2.24) is 5.32 Å². The fourth-order valence-electron chi connectivity index (χ4n) is 2.79.